The van der Waals surface area contributed by atoms with E-state index < -0.39 is 74.6 Å². The van der Waals surface area contributed by atoms with Gasteiger partial charge in [-0.15, -0.1) is 0 Å². The van der Waals surface area contributed by atoms with Crippen molar-refractivity contribution in [2.45, 2.75) is 112 Å². The molecule has 0 spiro atoms. The van der Waals surface area contributed by atoms with Gasteiger partial charge in [0.15, 0.2) is 0 Å². The summed E-state index contributed by atoms with van der Waals surface area (Å²) in [5.41, 5.74) is -1.22. The first-order chi connectivity index (χ1) is 20.2. The smallest absolute Gasteiger partial charge is 0.315 e. The Hall–Kier alpha value is -2.74. The summed E-state index contributed by atoms with van der Waals surface area (Å²) in [5.74, 6) is -2.41. The molecule has 0 radical (unpaired) electrons. The zero-order valence-corrected chi connectivity index (χ0v) is 28.7. The highest BCUT2D eigenvalue weighted by molar-refractivity contribution is 7.89. The molecular weight excluding hydrogens is 588 g/mol. The van der Waals surface area contributed by atoms with Crippen LogP contribution in [-0.4, -0.2) is 104 Å². The lowest BCUT2D eigenvalue weighted by Crippen LogP contribution is -2.61. The number of carbonyl (C=O) groups is 5. The summed E-state index contributed by atoms with van der Waals surface area (Å²) in [5, 5.41) is 10.8. The number of carbonyl (C=O) groups excluding carboxylic acids is 5. The Bertz CT molecular complexity index is 1180. The Kier molecular flexibility index (Phi) is 12.8. The van der Waals surface area contributed by atoms with Crippen LogP contribution in [0.5, 0.6) is 0 Å². The molecule has 44 heavy (non-hydrogen) atoms. The van der Waals surface area contributed by atoms with Crippen LogP contribution in [0.2, 0.25) is 0 Å². The second kappa shape index (κ2) is 15.0. The number of sulfonamides is 1. The summed E-state index contributed by atoms with van der Waals surface area (Å²) in [4.78, 5) is 67.2. The Labute approximate surface area is 263 Å². The summed E-state index contributed by atoms with van der Waals surface area (Å²) >= 11 is 0. The topological polar surface area (TPSA) is 174 Å². The molecule has 0 aromatic rings. The minimum Gasteiger partial charge on any atom is -0.353 e. The molecule has 2 aliphatic heterocycles. The van der Waals surface area contributed by atoms with Gasteiger partial charge in [-0.25, -0.2) is 13.2 Å². The number of hydrogen-bond acceptors (Lipinski definition) is 7. The van der Waals surface area contributed by atoms with Crippen molar-refractivity contribution in [3.05, 3.63) is 0 Å². The van der Waals surface area contributed by atoms with E-state index in [1.165, 1.54) is 16.3 Å². The zero-order valence-electron chi connectivity index (χ0n) is 27.9. The van der Waals surface area contributed by atoms with Gasteiger partial charge in [-0.2, -0.15) is 4.31 Å². The van der Waals surface area contributed by atoms with Crippen LogP contribution in [0.1, 0.15) is 87.5 Å². The maximum absolute atomic E-state index is 14.1. The minimum atomic E-state index is -3.37. The molecule has 2 aliphatic rings. The van der Waals surface area contributed by atoms with Crippen molar-refractivity contribution >= 4 is 39.6 Å². The van der Waals surface area contributed by atoms with Gasteiger partial charge in [0.2, 0.25) is 27.6 Å². The summed E-state index contributed by atoms with van der Waals surface area (Å²) in [6.45, 7) is 15.8. The van der Waals surface area contributed by atoms with E-state index in [1.807, 2.05) is 55.4 Å². The van der Waals surface area contributed by atoms with E-state index in [0.717, 1.165) is 6.42 Å². The van der Waals surface area contributed by atoms with Crippen molar-refractivity contribution in [2.75, 3.05) is 32.4 Å². The molecule has 14 heteroatoms. The maximum Gasteiger partial charge on any atom is 0.315 e. The van der Waals surface area contributed by atoms with E-state index in [4.69, 9.17) is 0 Å². The molecule has 2 fully saturated rings. The van der Waals surface area contributed by atoms with Crippen LogP contribution in [0.4, 0.5) is 4.79 Å². The third-order valence-electron chi connectivity index (χ3n) is 8.35. The van der Waals surface area contributed by atoms with Gasteiger partial charge in [-0.3, -0.25) is 19.2 Å². The van der Waals surface area contributed by atoms with Crippen LogP contribution >= 0.6 is 0 Å². The zero-order chi connectivity index (χ0) is 33.6. The van der Waals surface area contributed by atoms with Gasteiger partial charge in [0.1, 0.15) is 12.1 Å². The molecular formula is C30H54N6O7S. The maximum atomic E-state index is 14.1. The number of ketones is 1. The van der Waals surface area contributed by atoms with Crippen LogP contribution in [0.3, 0.4) is 0 Å². The molecule has 2 saturated heterocycles. The van der Waals surface area contributed by atoms with Crippen molar-refractivity contribution < 1.29 is 32.4 Å². The number of unbranched alkanes of at least 4 members (excludes halogenated alkanes) is 1. The molecule has 13 nitrogen and oxygen atoms in total. The number of nitrogens with one attached hydrogen (secondary N) is 4. The van der Waals surface area contributed by atoms with Gasteiger partial charge in [0, 0.05) is 32.7 Å². The van der Waals surface area contributed by atoms with Gasteiger partial charge in [0.25, 0.3) is 5.91 Å². The molecule has 2 rings (SSSR count). The van der Waals surface area contributed by atoms with Gasteiger partial charge in [-0.1, -0.05) is 68.2 Å². The molecule has 0 saturated carbocycles. The first-order valence-electron chi connectivity index (χ1n) is 15.6. The molecule has 2 heterocycles. The monoisotopic (exact) mass is 642 g/mol. The third-order valence-corrected chi connectivity index (χ3v) is 10.3. The molecule has 0 aliphatic carbocycles. The summed E-state index contributed by atoms with van der Waals surface area (Å²) in [6, 6.07) is -4.04. The van der Waals surface area contributed by atoms with Crippen molar-refractivity contribution in [1.82, 2.24) is 30.5 Å². The van der Waals surface area contributed by atoms with E-state index in [1.54, 1.807) is 0 Å². The highest BCUT2D eigenvalue weighted by atomic mass is 32.2. The first kappa shape index (κ1) is 37.4. The van der Waals surface area contributed by atoms with E-state index >= 15 is 0 Å². The van der Waals surface area contributed by atoms with Crippen LogP contribution in [0.25, 0.3) is 0 Å². The largest absolute Gasteiger partial charge is 0.353 e. The lowest BCUT2D eigenvalue weighted by Gasteiger charge is -2.37. The summed E-state index contributed by atoms with van der Waals surface area (Å²) < 4.78 is 26.3. The fourth-order valence-electron chi connectivity index (χ4n) is 5.55. The second-order valence-electron chi connectivity index (χ2n) is 14.4. The number of Topliss-reactive ketones (excluding diaryl/α,β-unsaturated/α-hetero) is 1. The van der Waals surface area contributed by atoms with Crippen molar-refractivity contribution in [1.29, 1.82) is 0 Å². The number of amides is 5. The molecule has 0 aromatic heterocycles. The fourth-order valence-corrected chi connectivity index (χ4v) is 7.08. The van der Waals surface area contributed by atoms with E-state index in [9.17, 15) is 32.4 Å². The number of rotatable bonds is 12. The van der Waals surface area contributed by atoms with Crippen LogP contribution in [0.15, 0.2) is 0 Å². The quantitative estimate of drug-likeness (QED) is 0.233. The predicted molar refractivity (Wildman–Crippen MR) is 168 cm³/mol. The molecule has 0 aromatic carbocycles. The van der Waals surface area contributed by atoms with E-state index in [2.05, 4.69) is 21.3 Å². The van der Waals surface area contributed by atoms with Crippen molar-refractivity contribution in [2.24, 2.45) is 16.7 Å². The lowest BCUT2D eigenvalue weighted by atomic mass is 9.85. The minimum absolute atomic E-state index is 0.0134. The van der Waals surface area contributed by atoms with Gasteiger partial charge in [0.05, 0.1) is 11.8 Å². The number of hydrogen-bond donors (Lipinski definition) is 4. The fraction of sp³-hybridized carbons (Fsp3) is 0.833. The standard InChI is InChI=1S/C30H54N6O7S/c1-10-11-13-20(23(37)26(39)31-9)32-25(38)21-16-19(2)17-36(21)27(40)24(30(6,7)8)34-28(41)33-22(29(3,4)5)18-35-14-12-15-44(35,42)43/h19-22,24H,10-18H2,1-9H3,(H,31,39)(H,32,38)(H2,33,34,41)/t19-,20?,21+,22-,24-/m1/s1. The van der Waals surface area contributed by atoms with Crippen LogP contribution in [-0.2, 0) is 29.2 Å². The first-order valence-corrected chi connectivity index (χ1v) is 17.2. The SMILES string of the molecule is CCCCC(NC(=O)[C@@H]1C[C@@H](C)CN1C(=O)[C@@H](NC(=O)N[C@H](CN1CCCS1(=O)=O)C(C)(C)C)C(C)(C)C)C(=O)C(=O)NC. The highest BCUT2D eigenvalue weighted by Crippen LogP contribution is 2.29. The highest BCUT2D eigenvalue weighted by Gasteiger charge is 2.45. The van der Waals surface area contributed by atoms with E-state index in [-0.39, 0.29) is 24.8 Å². The molecule has 1 unspecified atom stereocenters. The Morgan fingerprint density at radius 3 is 2.09 bits per heavy atom. The average molecular weight is 643 g/mol. The second-order valence-corrected chi connectivity index (χ2v) is 16.4. The number of nitrogens with zero attached hydrogens (tertiary/aromatic N) is 2. The molecule has 4 N–H and O–H groups in total. The van der Waals surface area contributed by atoms with Crippen LogP contribution < -0.4 is 21.3 Å². The average Bonchev–Trinajstić information content (AvgIpc) is 3.47. The number of likely N-dealkylation sites (tertiary alicyclic amines) is 1. The number of urea groups is 1. The lowest BCUT2D eigenvalue weighted by molar-refractivity contribution is -0.143. The molecule has 0 bridgehead atoms. The normalized spacial score (nSPS) is 22.5. The Morgan fingerprint density at radius 1 is 0.955 bits per heavy atom. The Morgan fingerprint density at radius 2 is 1.59 bits per heavy atom. The Balaban J connectivity index is 2.25. The predicted octanol–water partition coefficient (Wildman–Crippen LogP) is 1.38. The molecule has 5 amide bonds. The summed E-state index contributed by atoms with van der Waals surface area (Å²) in [7, 11) is -2.02. The van der Waals surface area contributed by atoms with Gasteiger partial charge < -0.3 is 26.2 Å². The van der Waals surface area contributed by atoms with Crippen LogP contribution in [0, 0.1) is 16.7 Å². The molecule has 252 valence electrons. The summed E-state index contributed by atoms with van der Waals surface area (Å²) in [6.07, 6.45) is 2.59. The van der Waals surface area contributed by atoms with Gasteiger partial charge in [-0.05, 0) is 36.0 Å². The third kappa shape index (κ3) is 9.88. The van der Waals surface area contributed by atoms with Crippen molar-refractivity contribution in [3.63, 3.8) is 0 Å². The molecule has 5 atom stereocenters. The van der Waals surface area contributed by atoms with Gasteiger partial charge >= 0.3 is 6.03 Å². The van der Waals surface area contributed by atoms with Crippen molar-refractivity contribution in [3.8, 4) is 0 Å². The number of likely N-dealkylation sites (N-methyl/N-ethyl adjacent to an activating group) is 1. The van der Waals surface area contributed by atoms with E-state index in [0.29, 0.717) is 32.2 Å².